The van der Waals surface area contributed by atoms with Crippen LogP contribution in [0.1, 0.15) is 37.7 Å². The highest BCUT2D eigenvalue weighted by atomic mass is 32.2. The van der Waals surface area contributed by atoms with Gasteiger partial charge in [-0.25, -0.2) is 13.2 Å². The number of urea groups is 1. The molecule has 7 heteroatoms. The number of carbonyl (C=O) groups is 1. The van der Waals surface area contributed by atoms with Gasteiger partial charge in [0.25, 0.3) is 0 Å². The van der Waals surface area contributed by atoms with Gasteiger partial charge in [-0.05, 0) is 43.9 Å². The zero-order valence-corrected chi connectivity index (χ0v) is 15.6. The Hall–Kier alpha value is -1.60. The second-order valence-electron chi connectivity index (χ2n) is 6.99. The van der Waals surface area contributed by atoms with E-state index in [1.165, 1.54) is 17.1 Å². The van der Waals surface area contributed by atoms with E-state index in [2.05, 4.69) is 5.32 Å². The Labute approximate surface area is 150 Å². The highest BCUT2D eigenvalue weighted by Gasteiger charge is 2.29. The monoisotopic (exact) mass is 365 g/mol. The summed E-state index contributed by atoms with van der Waals surface area (Å²) in [6.45, 7) is 3.70. The van der Waals surface area contributed by atoms with Crippen LogP contribution in [0.3, 0.4) is 0 Å². The third kappa shape index (κ3) is 4.33. The van der Waals surface area contributed by atoms with Crippen LogP contribution in [-0.4, -0.2) is 55.9 Å². The quantitative estimate of drug-likeness (QED) is 0.894. The first-order chi connectivity index (χ1) is 12.0. The summed E-state index contributed by atoms with van der Waals surface area (Å²) in [7, 11) is -3.50. The number of benzene rings is 1. The van der Waals surface area contributed by atoms with E-state index in [1.807, 2.05) is 13.0 Å². The molecule has 1 aromatic rings. The molecule has 1 saturated carbocycles. The number of amides is 2. The van der Waals surface area contributed by atoms with Gasteiger partial charge in [-0.2, -0.15) is 4.31 Å². The third-order valence-electron chi connectivity index (χ3n) is 5.05. The molecule has 1 saturated heterocycles. The predicted octanol–water partition coefficient (Wildman–Crippen LogP) is 2.34. The van der Waals surface area contributed by atoms with Gasteiger partial charge in [0.05, 0.1) is 4.90 Å². The van der Waals surface area contributed by atoms with Crippen molar-refractivity contribution in [3.63, 3.8) is 0 Å². The van der Waals surface area contributed by atoms with E-state index in [4.69, 9.17) is 0 Å². The molecule has 1 N–H and O–H groups in total. The number of hydrogen-bond acceptors (Lipinski definition) is 3. The molecular weight excluding hydrogens is 338 g/mol. The van der Waals surface area contributed by atoms with Crippen molar-refractivity contribution in [3.05, 3.63) is 29.8 Å². The second-order valence-corrected chi connectivity index (χ2v) is 8.93. The molecule has 1 aliphatic carbocycles. The number of aryl methyl sites for hydroxylation is 1. The van der Waals surface area contributed by atoms with E-state index in [9.17, 15) is 13.2 Å². The molecule has 138 valence electrons. The summed E-state index contributed by atoms with van der Waals surface area (Å²) in [4.78, 5) is 14.5. The van der Waals surface area contributed by atoms with Crippen molar-refractivity contribution in [3.8, 4) is 0 Å². The minimum absolute atomic E-state index is 0.0540. The molecule has 3 rings (SSSR count). The van der Waals surface area contributed by atoms with Crippen LogP contribution in [0.25, 0.3) is 0 Å². The molecule has 1 aliphatic heterocycles. The van der Waals surface area contributed by atoms with Gasteiger partial charge in [-0.1, -0.05) is 25.0 Å². The number of nitrogens with one attached hydrogen (secondary N) is 1. The number of carbonyl (C=O) groups excluding carboxylic acids is 1. The van der Waals surface area contributed by atoms with Crippen molar-refractivity contribution in [2.45, 2.75) is 50.0 Å². The van der Waals surface area contributed by atoms with Gasteiger partial charge in [0, 0.05) is 32.2 Å². The lowest BCUT2D eigenvalue weighted by molar-refractivity contribution is 0.196. The molecule has 0 spiro atoms. The minimum atomic E-state index is -3.50. The van der Waals surface area contributed by atoms with Crippen molar-refractivity contribution in [2.24, 2.45) is 0 Å². The molecule has 0 unspecified atom stereocenters. The molecule has 2 fully saturated rings. The Balaban J connectivity index is 1.63. The number of hydrogen-bond donors (Lipinski definition) is 1. The molecule has 0 aromatic heterocycles. The summed E-state index contributed by atoms with van der Waals surface area (Å²) in [5.74, 6) is 0. The summed E-state index contributed by atoms with van der Waals surface area (Å²) < 4.78 is 27.2. The first kappa shape index (κ1) is 18.2. The van der Waals surface area contributed by atoms with E-state index >= 15 is 0 Å². The van der Waals surface area contributed by atoms with Gasteiger partial charge in [-0.3, -0.25) is 0 Å². The van der Waals surface area contributed by atoms with Crippen LogP contribution in [0.5, 0.6) is 0 Å². The average molecular weight is 365 g/mol. The van der Waals surface area contributed by atoms with Crippen LogP contribution in [0, 0.1) is 6.92 Å². The van der Waals surface area contributed by atoms with E-state index in [1.54, 1.807) is 23.1 Å². The average Bonchev–Trinajstić information content (AvgIpc) is 2.95. The lowest BCUT2D eigenvalue weighted by Gasteiger charge is -2.24. The molecule has 1 aromatic carbocycles. The molecule has 25 heavy (non-hydrogen) atoms. The van der Waals surface area contributed by atoms with Gasteiger partial charge in [0.1, 0.15) is 0 Å². The Morgan fingerprint density at radius 1 is 1.08 bits per heavy atom. The van der Waals surface area contributed by atoms with Crippen LogP contribution in [0.15, 0.2) is 29.2 Å². The SMILES string of the molecule is Cc1cccc(S(=O)(=O)N2CCCN(C(=O)NC3CCCC3)CC2)c1. The molecule has 2 amide bonds. The largest absolute Gasteiger partial charge is 0.335 e. The van der Waals surface area contributed by atoms with E-state index in [0.717, 1.165) is 18.4 Å². The van der Waals surface area contributed by atoms with Crippen LogP contribution >= 0.6 is 0 Å². The second kappa shape index (κ2) is 7.74. The van der Waals surface area contributed by atoms with Crippen molar-refractivity contribution in [1.82, 2.24) is 14.5 Å². The molecule has 6 nitrogen and oxygen atoms in total. The fourth-order valence-electron chi connectivity index (χ4n) is 3.60. The van der Waals surface area contributed by atoms with Crippen molar-refractivity contribution in [1.29, 1.82) is 0 Å². The van der Waals surface area contributed by atoms with Crippen molar-refractivity contribution >= 4 is 16.1 Å². The van der Waals surface area contributed by atoms with E-state index in [0.29, 0.717) is 37.5 Å². The van der Waals surface area contributed by atoms with Crippen LogP contribution in [0.4, 0.5) is 4.79 Å². The van der Waals surface area contributed by atoms with Crippen molar-refractivity contribution in [2.75, 3.05) is 26.2 Å². The topological polar surface area (TPSA) is 69.7 Å². The normalized spacial score (nSPS) is 20.4. The maximum atomic E-state index is 12.9. The molecular formula is C18H27N3O3S. The highest BCUT2D eigenvalue weighted by Crippen LogP contribution is 2.20. The maximum Gasteiger partial charge on any atom is 0.317 e. The van der Waals surface area contributed by atoms with Gasteiger partial charge in [-0.15, -0.1) is 0 Å². The summed E-state index contributed by atoms with van der Waals surface area (Å²) in [5, 5.41) is 3.09. The number of sulfonamides is 1. The van der Waals surface area contributed by atoms with Gasteiger partial charge in [0.2, 0.25) is 10.0 Å². The smallest absolute Gasteiger partial charge is 0.317 e. The molecule has 1 heterocycles. The zero-order valence-electron chi connectivity index (χ0n) is 14.8. The Morgan fingerprint density at radius 3 is 2.56 bits per heavy atom. The first-order valence-corrected chi connectivity index (χ1v) is 10.5. The molecule has 0 bridgehead atoms. The summed E-state index contributed by atoms with van der Waals surface area (Å²) in [6, 6.07) is 7.21. The molecule has 0 radical (unpaired) electrons. The molecule has 0 atom stereocenters. The van der Waals surface area contributed by atoms with Gasteiger partial charge >= 0.3 is 6.03 Å². The Kier molecular flexibility index (Phi) is 5.64. The third-order valence-corrected chi connectivity index (χ3v) is 6.95. The predicted molar refractivity (Wildman–Crippen MR) is 96.9 cm³/mol. The Morgan fingerprint density at radius 2 is 1.84 bits per heavy atom. The summed E-state index contributed by atoms with van der Waals surface area (Å²) in [5.41, 5.74) is 0.925. The number of rotatable bonds is 3. The highest BCUT2D eigenvalue weighted by molar-refractivity contribution is 7.89. The lowest BCUT2D eigenvalue weighted by Crippen LogP contribution is -2.45. The fourth-order valence-corrected chi connectivity index (χ4v) is 5.17. The first-order valence-electron chi connectivity index (χ1n) is 9.09. The molecule has 2 aliphatic rings. The van der Waals surface area contributed by atoms with Crippen molar-refractivity contribution < 1.29 is 13.2 Å². The zero-order chi connectivity index (χ0) is 17.9. The van der Waals surface area contributed by atoms with Crippen LogP contribution in [-0.2, 0) is 10.0 Å². The standard InChI is InChI=1S/C18H27N3O3S/c1-15-6-4-9-17(14-15)25(23,24)21-11-5-10-20(12-13-21)18(22)19-16-7-2-3-8-16/h4,6,9,14,16H,2-3,5,7-8,10-13H2,1H3,(H,19,22). The number of nitrogens with zero attached hydrogens (tertiary/aromatic N) is 2. The lowest BCUT2D eigenvalue weighted by atomic mass is 10.2. The van der Waals surface area contributed by atoms with Crippen LogP contribution < -0.4 is 5.32 Å². The van der Waals surface area contributed by atoms with E-state index in [-0.39, 0.29) is 12.1 Å². The Bertz CT molecular complexity index is 714. The maximum absolute atomic E-state index is 12.9. The van der Waals surface area contributed by atoms with Gasteiger partial charge < -0.3 is 10.2 Å². The van der Waals surface area contributed by atoms with Crippen LogP contribution in [0.2, 0.25) is 0 Å². The fraction of sp³-hybridized carbons (Fsp3) is 0.611. The van der Waals surface area contributed by atoms with Gasteiger partial charge in [0.15, 0.2) is 0 Å². The summed E-state index contributed by atoms with van der Waals surface area (Å²) in [6.07, 6.45) is 5.10. The summed E-state index contributed by atoms with van der Waals surface area (Å²) >= 11 is 0. The minimum Gasteiger partial charge on any atom is -0.335 e. The van der Waals surface area contributed by atoms with E-state index < -0.39 is 10.0 Å².